The molecule has 25 heavy (non-hydrogen) atoms. The highest BCUT2D eigenvalue weighted by molar-refractivity contribution is 6.32. The number of rotatable bonds is 4. The number of halogens is 2. The van der Waals surface area contributed by atoms with Gasteiger partial charge in [-0.25, -0.2) is 9.67 Å². The lowest BCUT2D eigenvalue weighted by Gasteiger charge is -2.23. The predicted octanol–water partition coefficient (Wildman–Crippen LogP) is 2.70. The number of nitrogens with zero attached hydrogens (tertiary/aromatic N) is 3. The normalized spacial score (nSPS) is 20.0. The number of hydrogen-bond donors (Lipinski definition) is 2. The Hall–Kier alpha value is -1.63. The van der Waals surface area contributed by atoms with Gasteiger partial charge in [0.05, 0.1) is 10.7 Å². The Balaban J connectivity index is 0.00000182. The van der Waals surface area contributed by atoms with E-state index in [2.05, 4.69) is 20.7 Å². The Bertz CT molecular complexity index is 753. The maximum Gasteiger partial charge on any atom is 0.291 e. The van der Waals surface area contributed by atoms with Gasteiger partial charge >= 0.3 is 0 Å². The van der Waals surface area contributed by atoms with Crippen LogP contribution in [0.2, 0.25) is 5.02 Å². The molecule has 1 amide bonds. The smallest absolute Gasteiger partial charge is 0.291 e. The van der Waals surface area contributed by atoms with Crippen molar-refractivity contribution in [3.63, 3.8) is 0 Å². The van der Waals surface area contributed by atoms with Crippen molar-refractivity contribution in [3.8, 4) is 5.69 Å². The first-order chi connectivity index (χ1) is 11.7. The molecule has 2 heterocycles. The number of amides is 1. The summed E-state index contributed by atoms with van der Waals surface area (Å²) in [5, 5.41) is 11.4. The Labute approximate surface area is 157 Å². The summed E-state index contributed by atoms with van der Waals surface area (Å²) >= 11 is 6.30. The van der Waals surface area contributed by atoms with Gasteiger partial charge in [0.15, 0.2) is 0 Å². The number of para-hydroxylation sites is 1. The number of carbonyl (C=O) groups excluding carboxylic acids is 1. The highest BCUT2D eigenvalue weighted by Crippen LogP contribution is 2.40. The highest BCUT2D eigenvalue weighted by atomic mass is 35.5. The van der Waals surface area contributed by atoms with Crippen molar-refractivity contribution in [2.75, 3.05) is 13.1 Å². The molecule has 1 saturated carbocycles. The molecule has 2 N–H and O–H groups in total. The van der Waals surface area contributed by atoms with Crippen molar-refractivity contribution in [1.82, 2.24) is 25.4 Å². The van der Waals surface area contributed by atoms with Crippen LogP contribution >= 0.6 is 24.0 Å². The first-order valence-corrected chi connectivity index (χ1v) is 8.83. The molecule has 1 aliphatic carbocycles. The molecule has 4 rings (SSSR count). The van der Waals surface area contributed by atoms with Gasteiger partial charge in [0.25, 0.3) is 5.91 Å². The van der Waals surface area contributed by atoms with Gasteiger partial charge in [0, 0.05) is 18.5 Å². The van der Waals surface area contributed by atoms with Crippen LogP contribution in [0, 0.1) is 0 Å². The van der Waals surface area contributed by atoms with E-state index in [1.807, 2.05) is 24.3 Å². The van der Waals surface area contributed by atoms with Crippen molar-refractivity contribution in [2.45, 2.75) is 37.6 Å². The van der Waals surface area contributed by atoms with E-state index in [-0.39, 0.29) is 30.2 Å². The van der Waals surface area contributed by atoms with E-state index in [9.17, 15) is 4.79 Å². The molecule has 2 aromatic rings. The molecule has 1 aromatic heterocycles. The first kappa shape index (κ1) is 18.2. The van der Waals surface area contributed by atoms with Gasteiger partial charge in [-0.1, -0.05) is 23.7 Å². The van der Waals surface area contributed by atoms with Crippen LogP contribution in [0.3, 0.4) is 0 Å². The molecule has 6 nitrogen and oxygen atoms in total. The van der Waals surface area contributed by atoms with Crippen LogP contribution in [-0.2, 0) is 0 Å². The number of piperidine rings is 1. The fourth-order valence-corrected chi connectivity index (χ4v) is 3.27. The van der Waals surface area contributed by atoms with Crippen LogP contribution in [0.1, 0.15) is 48.0 Å². The molecule has 1 atom stereocenters. The fourth-order valence-electron chi connectivity index (χ4n) is 3.05. The Kier molecular flexibility index (Phi) is 5.61. The second-order valence-electron chi connectivity index (χ2n) is 6.45. The van der Waals surface area contributed by atoms with Crippen molar-refractivity contribution >= 4 is 29.9 Å². The predicted molar refractivity (Wildman–Crippen MR) is 98.9 cm³/mol. The molecule has 0 radical (unpaired) electrons. The SMILES string of the molecule is Cl.O=C(NC1CCCNC1)c1nc(C2CC2)n(-c2ccccc2Cl)n1. The zero-order valence-electron chi connectivity index (χ0n) is 13.7. The summed E-state index contributed by atoms with van der Waals surface area (Å²) in [4.78, 5) is 17.0. The lowest BCUT2D eigenvalue weighted by atomic mass is 10.1. The molecule has 2 fully saturated rings. The standard InChI is InChI=1S/C17H20ClN5O.ClH/c18-13-5-1-2-6-14(13)23-16(11-7-8-11)21-15(22-23)17(24)20-12-4-3-9-19-10-12;/h1-2,5-6,11-12,19H,3-4,7-10H2,(H,20,24);1H. The number of nitrogens with one attached hydrogen (secondary N) is 2. The summed E-state index contributed by atoms with van der Waals surface area (Å²) in [6.45, 7) is 1.81. The third kappa shape index (κ3) is 3.97. The third-order valence-corrected chi connectivity index (χ3v) is 4.81. The van der Waals surface area contributed by atoms with Crippen LogP contribution in [0.25, 0.3) is 5.69 Å². The molecule has 134 valence electrons. The highest BCUT2D eigenvalue weighted by Gasteiger charge is 2.32. The molecule has 8 heteroatoms. The van der Waals surface area contributed by atoms with Crippen LogP contribution < -0.4 is 10.6 Å². The molecule has 1 aromatic carbocycles. The average Bonchev–Trinajstić information content (AvgIpc) is 3.35. The molecular weight excluding hydrogens is 361 g/mol. The largest absolute Gasteiger partial charge is 0.345 e. The minimum atomic E-state index is -0.212. The van der Waals surface area contributed by atoms with E-state index in [4.69, 9.17) is 11.6 Å². The number of hydrogen-bond acceptors (Lipinski definition) is 4. The van der Waals surface area contributed by atoms with Gasteiger partial charge in [-0.2, -0.15) is 0 Å². The van der Waals surface area contributed by atoms with Gasteiger partial charge < -0.3 is 10.6 Å². The van der Waals surface area contributed by atoms with Crippen molar-refractivity contribution in [2.24, 2.45) is 0 Å². The summed E-state index contributed by atoms with van der Waals surface area (Å²) in [6, 6.07) is 7.65. The molecule has 1 unspecified atom stereocenters. The van der Waals surface area contributed by atoms with Crippen molar-refractivity contribution < 1.29 is 4.79 Å². The Morgan fingerprint density at radius 2 is 2.08 bits per heavy atom. The fraction of sp³-hybridized carbons (Fsp3) is 0.471. The Morgan fingerprint density at radius 3 is 2.76 bits per heavy atom. The molecule has 1 aliphatic heterocycles. The zero-order chi connectivity index (χ0) is 16.5. The molecular formula is C17H21Cl2N5O. The maximum absolute atomic E-state index is 12.5. The van der Waals surface area contributed by atoms with E-state index in [1.165, 1.54) is 0 Å². The maximum atomic E-state index is 12.5. The average molecular weight is 382 g/mol. The van der Waals surface area contributed by atoms with Gasteiger partial charge in [0.2, 0.25) is 5.82 Å². The molecule has 0 bridgehead atoms. The minimum Gasteiger partial charge on any atom is -0.345 e. The quantitative estimate of drug-likeness (QED) is 0.853. The second-order valence-corrected chi connectivity index (χ2v) is 6.86. The summed E-state index contributed by atoms with van der Waals surface area (Å²) in [5.74, 6) is 1.21. The van der Waals surface area contributed by atoms with Gasteiger partial charge in [-0.3, -0.25) is 4.79 Å². The summed E-state index contributed by atoms with van der Waals surface area (Å²) < 4.78 is 1.73. The van der Waals surface area contributed by atoms with E-state index >= 15 is 0 Å². The molecule has 1 saturated heterocycles. The first-order valence-electron chi connectivity index (χ1n) is 8.46. The van der Waals surface area contributed by atoms with Crippen LogP contribution in [-0.4, -0.2) is 39.8 Å². The van der Waals surface area contributed by atoms with Crippen LogP contribution in [0.5, 0.6) is 0 Å². The van der Waals surface area contributed by atoms with E-state index < -0.39 is 0 Å². The van der Waals surface area contributed by atoms with Crippen molar-refractivity contribution in [3.05, 3.63) is 40.9 Å². The van der Waals surface area contributed by atoms with E-state index in [0.717, 1.165) is 50.3 Å². The zero-order valence-corrected chi connectivity index (χ0v) is 15.3. The number of benzene rings is 1. The monoisotopic (exact) mass is 381 g/mol. The van der Waals surface area contributed by atoms with Crippen LogP contribution in [0.4, 0.5) is 0 Å². The molecule has 2 aliphatic rings. The van der Waals surface area contributed by atoms with Crippen LogP contribution in [0.15, 0.2) is 24.3 Å². The molecule has 0 spiro atoms. The number of carbonyl (C=O) groups is 1. The summed E-state index contributed by atoms with van der Waals surface area (Å²) in [7, 11) is 0. The topological polar surface area (TPSA) is 71.8 Å². The summed E-state index contributed by atoms with van der Waals surface area (Å²) in [5.41, 5.74) is 0.770. The van der Waals surface area contributed by atoms with Crippen molar-refractivity contribution in [1.29, 1.82) is 0 Å². The number of aromatic nitrogens is 3. The lowest BCUT2D eigenvalue weighted by Crippen LogP contribution is -2.45. The van der Waals surface area contributed by atoms with E-state index in [1.54, 1.807) is 4.68 Å². The summed E-state index contributed by atoms with van der Waals surface area (Å²) in [6.07, 6.45) is 4.21. The van der Waals surface area contributed by atoms with E-state index in [0.29, 0.717) is 10.9 Å². The third-order valence-electron chi connectivity index (χ3n) is 4.49. The van der Waals surface area contributed by atoms with Gasteiger partial charge in [-0.05, 0) is 44.4 Å². The lowest BCUT2D eigenvalue weighted by molar-refractivity contribution is 0.0920. The van der Waals surface area contributed by atoms with Gasteiger partial charge in [0.1, 0.15) is 5.82 Å². The minimum absolute atomic E-state index is 0. The second kappa shape index (κ2) is 7.72. The Morgan fingerprint density at radius 1 is 1.28 bits per heavy atom. The van der Waals surface area contributed by atoms with Gasteiger partial charge in [-0.15, -0.1) is 17.5 Å².